The zero-order valence-corrected chi connectivity index (χ0v) is 20.0. The number of benzene rings is 1. The molecule has 1 aromatic carbocycles. The van der Waals surface area contributed by atoms with Crippen LogP contribution in [0.5, 0.6) is 11.5 Å². The number of hydrogen-bond acceptors (Lipinski definition) is 8. The number of methoxy groups -OCH3 is 1. The Hall–Kier alpha value is -2.59. The van der Waals surface area contributed by atoms with Crippen molar-refractivity contribution in [3.63, 3.8) is 0 Å². The minimum absolute atomic E-state index is 0.0507. The number of aliphatic hydroxyl groups excluding tert-OH is 1. The molecule has 1 fully saturated rings. The first-order chi connectivity index (χ1) is 15.4. The molecule has 0 saturated carbocycles. The molecule has 0 spiro atoms. The number of aliphatic hydroxyl groups is 1. The van der Waals surface area contributed by atoms with Crippen LogP contribution in [-0.4, -0.2) is 55.8 Å². The third-order valence-electron chi connectivity index (χ3n) is 6.43. The summed E-state index contributed by atoms with van der Waals surface area (Å²) in [5.74, 6) is 0.0558. The third kappa shape index (κ3) is 4.59. The van der Waals surface area contributed by atoms with Gasteiger partial charge in [-0.3, -0.25) is 4.79 Å². The highest BCUT2D eigenvalue weighted by atomic mass is 32.2. The minimum Gasteiger partial charge on any atom is -0.496 e. The van der Waals surface area contributed by atoms with Crippen molar-refractivity contribution in [1.29, 1.82) is 0 Å². The molecule has 2 unspecified atom stereocenters. The van der Waals surface area contributed by atoms with Gasteiger partial charge >= 0.3 is 5.63 Å². The van der Waals surface area contributed by atoms with Gasteiger partial charge in [0.05, 0.1) is 36.1 Å². The highest BCUT2D eigenvalue weighted by Crippen LogP contribution is 2.43. The summed E-state index contributed by atoms with van der Waals surface area (Å²) in [6, 6.07) is 0.969. The van der Waals surface area contributed by atoms with Crippen LogP contribution in [0.3, 0.4) is 0 Å². The Morgan fingerprint density at radius 2 is 2.06 bits per heavy atom. The predicted octanol–water partition coefficient (Wildman–Crippen LogP) is 1.42. The summed E-state index contributed by atoms with van der Waals surface area (Å²) in [5, 5.41) is 13.1. The fourth-order valence-electron chi connectivity index (χ4n) is 4.62. The van der Waals surface area contributed by atoms with Gasteiger partial charge in [-0.1, -0.05) is 0 Å². The lowest BCUT2D eigenvalue weighted by Crippen LogP contribution is -2.42. The number of rotatable bonds is 5. The van der Waals surface area contributed by atoms with E-state index in [1.807, 2.05) is 19.9 Å². The first-order valence-corrected chi connectivity index (χ1v) is 12.8. The Morgan fingerprint density at radius 3 is 2.70 bits per heavy atom. The van der Waals surface area contributed by atoms with E-state index in [4.69, 9.17) is 13.9 Å². The van der Waals surface area contributed by atoms with Crippen molar-refractivity contribution in [1.82, 2.24) is 5.32 Å². The van der Waals surface area contributed by atoms with Gasteiger partial charge in [0.2, 0.25) is 5.91 Å². The molecule has 1 aromatic heterocycles. The molecule has 0 bridgehead atoms. The van der Waals surface area contributed by atoms with E-state index < -0.39 is 33.5 Å². The normalized spacial score (nSPS) is 23.1. The van der Waals surface area contributed by atoms with Crippen molar-refractivity contribution < 1.29 is 32.2 Å². The zero-order valence-electron chi connectivity index (χ0n) is 19.2. The number of ether oxygens (including phenoxy) is 2. The van der Waals surface area contributed by atoms with Crippen LogP contribution >= 0.6 is 0 Å². The number of amides is 1. The Morgan fingerprint density at radius 1 is 1.33 bits per heavy atom. The molecule has 33 heavy (non-hydrogen) atoms. The van der Waals surface area contributed by atoms with E-state index in [-0.39, 0.29) is 29.9 Å². The van der Waals surface area contributed by atoms with Gasteiger partial charge in [-0.25, -0.2) is 13.2 Å². The summed E-state index contributed by atoms with van der Waals surface area (Å²) < 4.78 is 40.7. The molecule has 10 heteroatoms. The maximum absolute atomic E-state index is 12.9. The number of hydrogen-bond donors (Lipinski definition) is 2. The SMILES string of the molecule is COc1cc2c(c3oc(=O)c(CCC(=O)NC4CS(=O)(=O)CC4O)c(C)c13)CCC(C)(C)O2. The van der Waals surface area contributed by atoms with Gasteiger partial charge in [-0.2, -0.15) is 0 Å². The standard InChI is InChI=1S/C23H29NO8S/c1-12-13(5-6-19(26)24-15-10-33(28,29)11-16(15)25)22(27)31-21-14-7-8-23(2,3)32-17(14)9-18(30-4)20(12)21/h9,15-16,25H,5-8,10-11H2,1-4H3,(H,24,26). The average molecular weight is 480 g/mol. The molecule has 2 atom stereocenters. The average Bonchev–Trinajstić information content (AvgIpc) is 2.96. The van der Waals surface area contributed by atoms with E-state index in [1.165, 1.54) is 7.11 Å². The molecule has 0 aliphatic carbocycles. The van der Waals surface area contributed by atoms with Gasteiger partial charge in [0.25, 0.3) is 0 Å². The number of carbonyl (C=O) groups is 1. The molecule has 180 valence electrons. The van der Waals surface area contributed by atoms with Gasteiger partial charge < -0.3 is 24.3 Å². The quantitative estimate of drug-likeness (QED) is 0.616. The molecule has 3 heterocycles. The number of aryl methyl sites for hydroxylation is 2. The Labute approximate surface area is 192 Å². The fraction of sp³-hybridized carbons (Fsp3) is 0.565. The van der Waals surface area contributed by atoms with Crippen molar-refractivity contribution in [2.45, 2.75) is 64.2 Å². The maximum atomic E-state index is 12.9. The predicted molar refractivity (Wildman–Crippen MR) is 122 cm³/mol. The first kappa shape index (κ1) is 23.6. The molecule has 2 aromatic rings. The summed E-state index contributed by atoms with van der Waals surface area (Å²) in [5.41, 5.74) is 1.42. The molecular formula is C23H29NO8S. The Balaban J connectivity index is 1.62. The van der Waals surface area contributed by atoms with Crippen LogP contribution < -0.4 is 20.4 Å². The van der Waals surface area contributed by atoms with Crippen LogP contribution in [0.2, 0.25) is 0 Å². The maximum Gasteiger partial charge on any atom is 0.339 e. The summed E-state index contributed by atoms with van der Waals surface area (Å²) in [6.45, 7) is 5.80. The minimum atomic E-state index is -3.37. The topological polar surface area (TPSA) is 132 Å². The van der Waals surface area contributed by atoms with E-state index in [0.29, 0.717) is 40.0 Å². The highest BCUT2D eigenvalue weighted by Gasteiger charge is 2.37. The molecule has 2 N–H and O–H groups in total. The van der Waals surface area contributed by atoms with Gasteiger partial charge in [-0.15, -0.1) is 0 Å². The molecule has 4 rings (SSSR count). The first-order valence-electron chi connectivity index (χ1n) is 10.9. The summed E-state index contributed by atoms with van der Waals surface area (Å²) in [7, 11) is -1.84. The van der Waals surface area contributed by atoms with Crippen molar-refractivity contribution in [2.75, 3.05) is 18.6 Å². The van der Waals surface area contributed by atoms with Crippen LogP contribution in [0.25, 0.3) is 11.0 Å². The number of carbonyl (C=O) groups excluding carboxylic acids is 1. The van der Waals surface area contributed by atoms with E-state index in [1.54, 1.807) is 6.92 Å². The fourth-order valence-corrected chi connectivity index (χ4v) is 6.36. The number of sulfone groups is 1. The van der Waals surface area contributed by atoms with Crippen LogP contribution in [-0.2, 0) is 27.5 Å². The number of nitrogens with one attached hydrogen (secondary N) is 1. The summed E-state index contributed by atoms with van der Waals surface area (Å²) in [4.78, 5) is 25.3. The largest absolute Gasteiger partial charge is 0.496 e. The lowest BCUT2D eigenvalue weighted by Gasteiger charge is -2.33. The third-order valence-corrected chi connectivity index (χ3v) is 8.15. The van der Waals surface area contributed by atoms with Crippen LogP contribution in [0.4, 0.5) is 0 Å². The molecule has 9 nitrogen and oxygen atoms in total. The van der Waals surface area contributed by atoms with Crippen molar-refractivity contribution in [2.24, 2.45) is 0 Å². The molecule has 0 radical (unpaired) electrons. The van der Waals surface area contributed by atoms with Crippen LogP contribution in [0, 0.1) is 6.92 Å². The van der Waals surface area contributed by atoms with Gasteiger partial charge in [0, 0.05) is 23.6 Å². The second kappa shape index (κ2) is 8.32. The molecular weight excluding hydrogens is 450 g/mol. The Kier molecular flexibility index (Phi) is 5.94. The van der Waals surface area contributed by atoms with E-state index >= 15 is 0 Å². The lowest BCUT2D eigenvalue weighted by molar-refractivity contribution is -0.122. The number of fused-ring (bicyclic) bond motifs is 3. The Bertz CT molecular complexity index is 1280. The van der Waals surface area contributed by atoms with E-state index in [9.17, 15) is 23.1 Å². The van der Waals surface area contributed by atoms with Crippen LogP contribution in [0.1, 0.15) is 43.4 Å². The zero-order chi connectivity index (χ0) is 24.1. The monoisotopic (exact) mass is 479 g/mol. The highest BCUT2D eigenvalue weighted by molar-refractivity contribution is 7.91. The van der Waals surface area contributed by atoms with Crippen molar-refractivity contribution in [3.8, 4) is 11.5 Å². The smallest absolute Gasteiger partial charge is 0.339 e. The molecule has 2 aliphatic rings. The van der Waals surface area contributed by atoms with Gasteiger partial charge in [0.1, 0.15) is 22.7 Å². The van der Waals surface area contributed by atoms with Crippen LogP contribution in [0.15, 0.2) is 15.3 Å². The molecule has 2 aliphatic heterocycles. The summed E-state index contributed by atoms with van der Waals surface area (Å²) in [6.07, 6.45) is 0.392. The van der Waals surface area contributed by atoms with Crippen molar-refractivity contribution in [3.05, 3.63) is 33.2 Å². The summed E-state index contributed by atoms with van der Waals surface area (Å²) >= 11 is 0. The van der Waals surface area contributed by atoms with Crippen molar-refractivity contribution >= 4 is 26.7 Å². The second-order valence-corrected chi connectivity index (χ2v) is 11.6. The molecule has 1 saturated heterocycles. The van der Waals surface area contributed by atoms with Gasteiger partial charge in [-0.05, 0) is 45.6 Å². The lowest BCUT2D eigenvalue weighted by atomic mass is 9.91. The molecule has 1 amide bonds. The van der Waals surface area contributed by atoms with E-state index in [0.717, 1.165) is 12.0 Å². The van der Waals surface area contributed by atoms with E-state index in [2.05, 4.69) is 5.32 Å². The second-order valence-electron chi connectivity index (χ2n) is 9.43. The van der Waals surface area contributed by atoms with Gasteiger partial charge in [0.15, 0.2) is 9.84 Å².